The van der Waals surface area contributed by atoms with Crippen molar-refractivity contribution in [3.63, 3.8) is 0 Å². The number of methoxy groups -OCH3 is 1. The summed E-state index contributed by atoms with van der Waals surface area (Å²) in [5, 5.41) is 15.2. The largest absolute Gasteiger partial charge is 0.494 e. The van der Waals surface area contributed by atoms with E-state index in [1.54, 1.807) is 31.4 Å². The molecule has 1 saturated heterocycles. The number of benzene rings is 2. The van der Waals surface area contributed by atoms with Gasteiger partial charge in [-0.05, 0) is 24.3 Å². The number of hydrogen-bond donors (Lipinski definition) is 3. The molecule has 0 radical (unpaired) electrons. The third-order valence-electron chi connectivity index (χ3n) is 7.06. The predicted molar refractivity (Wildman–Crippen MR) is 181 cm³/mol. The zero-order valence-corrected chi connectivity index (χ0v) is 28.2. The van der Waals surface area contributed by atoms with Gasteiger partial charge in [0.1, 0.15) is 17.4 Å². The summed E-state index contributed by atoms with van der Waals surface area (Å²) >= 11 is 6.40. The van der Waals surface area contributed by atoms with Gasteiger partial charge in [-0.15, -0.1) is 12.4 Å². The molecule has 0 bridgehead atoms. The summed E-state index contributed by atoms with van der Waals surface area (Å²) in [4.78, 5) is 23.9. The molecule has 46 heavy (non-hydrogen) atoms. The molecule has 0 aliphatic carbocycles. The minimum atomic E-state index is -3.49. The average Bonchev–Trinajstić information content (AvgIpc) is 3.02. The Kier molecular flexibility index (Phi) is 13.9. The van der Waals surface area contributed by atoms with Crippen LogP contribution in [0.2, 0.25) is 5.02 Å². The van der Waals surface area contributed by atoms with Gasteiger partial charge >= 0.3 is 5.97 Å². The molecule has 252 valence electrons. The normalized spacial score (nSPS) is 13.5. The number of hydrogen-bond acceptors (Lipinski definition) is 12. The highest BCUT2D eigenvalue weighted by atomic mass is 35.5. The number of rotatable bonds is 16. The maximum Gasteiger partial charge on any atom is 0.329 e. The number of anilines is 6. The molecule has 2 heterocycles. The second kappa shape index (κ2) is 17.4. The van der Waals surface area contributed by atoms with Crippen molar-refractivity contribution < 1.29 is 32.5 Å². The maximum absolute atomic E-state index is 12.1. The minimum absolute atomic E-state index is 0. The summed E-state index contributed by atoms with van der Waals surface area (Å²) in [7, 11) is -0.417. The van der Waals surface area contributed by atoms with Crippen LogP contribution in [0.5, 0.6) is 5.75 Å². The number of para-hydroxylation sites is 2. The van der Waals surface area contributed by atoms with Gasteiger partial charge in [0.15, 0.2) is 5.82 Å². The van der Waals surface area contributed by atoms with E-state index in [-0.39, 0.29) is 36.6 Å². The SMILES string of the molecule is COc1cc(N2CCN(CCOCCOCC(=O)O)CC2)ccc1Nc1ncc(Cl)c(Nc2ccccc2N(C)S(C)(=O)=O)n1.Cl. The van der Waals surface area contributed by atoms with E-state index < -0.39 is 16.0 Å². The predicted octanol–water partition coefficient (Wildman–Crippen LogP) is 3.68. The van der Waals surface area contributed by atoms with E-state index in [0.29, 0.717) is 41.8 Å². The first kappa shape index (κ1) is 36.9. The van der Waals surface area contributed by atoms with Crippen molar-refractivity contribution in [2.45, 2.75) is 0 Å². The molecule has 3 aromatic rings. The molecule has 1 aliphatic heterocycles. The molecular weight excluding hydrogens is 661 g/mol. The Balaban J connectivity index is 0.00000576. The molecule has 3 N–H and O–H groups in total. The third-order valence-corrected chi connectivity index (χ3v) is 8.52. The molecule has 1 aliphatic rings. The number of carboxylic acid groups (broad SMARTS) is 1. The third kappa shape index (κ3) is 10.5. The summed E-state index contributed by atoms with van der Waals surface area (Å²) in [5.74, 6) is 0.192. The van der Waals surface area contributed by atoms with Crippen LogP contribution in [-0.4, -0.2) is 114 Å². The maximum atomic E-state index is 12.1. The number of nitrogens with one attached hydrogen (secondary N) is 2. The van der Waals surface area contributed by atoms with Crippen LogP contribution in [0.3, 0.4) is 0 Å². The smallest absolute Gasteiger partial charge is 0.329 e. The van der Waals surface area contributed by atoms with Gasteiger partial charge in [0, 0.05) is 51.5 Å². The lowest BCUT2D eigenvalue weighted by Gasteiger charge is -2.36. The van der Waals surface area contributed by atoms with E-state index in [1.807, 2.05) is 18.2 Å². The van der Waals surface area contributed by atoms with E-state index >= 15 is 0 Å². The number of nitrogens with zero attached hydrogens (tertiary/aromatic N) is 5. The van der Waals surface area contributed by atoms with Crippen LogP contribution in [-0.2, 0) is 24.3 Å². The number of halogens is 2. The van der Waals surface area contributed by atoms with Gasteiger partial charge in [-0.25, -0.2) is 18.2 Å². The van der Waals surface area contributed by atoms with Crippen LogP contribution in [0.4, 0.5) is 34.5 Å². The number of carbonyl (C=O) groups is 1. The Morgan fingerprint density at radius 3 is 2.46 bits per heavy atom. The van der Waals surface area contributed by atoms with Gasteiger partial charge in [-0.1, -0.05) is 23.7 Å². The van der Waals surface area contributed by atoms with Crippen molar-refractivity contribution >= 4 is 74.5 Å². The van der Waals surface area contributed by atoms with Crippen LogP contribution >= 0.6 is 24.0 Å². The first-order valence-electron chi connectivity index (χ1n) is 14.2. The molecule has 0 amide bonds. The lowest BCUT2D eigenvalue weighted by atomic mass is 10.2. The lowest BCUT2D eigenvalue weighted by molar-refractivity contribution is -0.142. The fraction of sp³-hybridized carbons (Fsp3) is 0.414. The Labute approximate surface area is 280 Å². The monoisotopic (exact) mass is 699 g/mol. The lowest BCUT2D eigenvalue weighted by Crippen LogP contribution is -2.47. The molecule has 4 rings (SSSR count). The quantitative estimate of drug-likeness (QED) is 0.186. The Hall–Kier alpha value is -3.60. The zero-order valence-electron chi connectivity index (χ0n) is 25.8. The Morgan fingerprint density at radius 2 is 1.76 bits per heavy atom. The fourth-order valence-corrected chi connectivity index (χ4v) is 5.23. The van der Waals surface area contributed by atoms with E-state index in [2.05, 4.69) is 30.4 Å². The Bertz CT molecular complexity index is 1560. The second-order valence-electron chi connectivity index (χ2n) is 10.2. The number of piperazine rings is 1. The Morgan fingerprint density at radius 1 is 1.04 bits per heavy atom. The first-order chi connectivity index (χ1) is 21.5. The van der Waals surface area contributed by atoms with Gasteiger partial charge in [0.2, 0.25) is 16.0 Å². The van der Waals surface area contributed by atoms with E-state index in [9.17, 15) is 13.2 Å². The van der Waals surface area contributed by atoms with Crippen LogP contribution in [0, 0.1) is 0 Å². The molecule has 0 spiro atoms. The minimum Gasteiger partial charge on any atom is -0.494 e. The fourth-order valence-electron chi connectivity index (χ4n) is 4.58. The molecule has 0 unspecified atom stereocenters. The van der Waals surface area contributed by atoms with Gasteiger partial charge in [-0.3, -0.25) is 9.21 Å². The molecular formula is C29H39Cl2N7O7S. The molecule has 0 atom stereocenters. The zero-order chi connectivity index (χ0) is 32.4. The van der Waals surface area contributed by atoms with Crippen molar-refractivity contribution in [1.82, 2.24) is 14.9 Å². The summed E-state index contributed by atoms with van der Waals surface area (Å²) in [5.41, 5.74) is 2.63. The summed E-state index contributed by atoms with van der Waals surface area (Å²) < 4.78 is 41.7. The van der Waals surface area contributed by atoms with Crippen molar-refractivity contribution in [2.24, 2.45) is 0 Å². The highest BCUT2D eigenvalue weighted by Gasteiger charge is 2.20. The van der Waals surface area contributed by atoms with Gasteiger partial charge in [0.05, 0.1) is 56.4 Å². The molecule has 0 saturated carbocycles. The second-order valence-corrected chi connectivity index (χ2v) is 12.6. The molecule has 1 aromatic heterocycles. The number of ether oxygens (including phenoxy) is 3. The van der Waals surface area contributed by atoms with Gasteiger partial charge in [-0.2, -0.15) is 4.98 Å². The van der Waals surface area contributed by atoms with Crippen LogP contribution in [0.25, 0.3) is 0 Å². The summed E-state index contributed by atoms with van der Waals surface area (Å²) in [6.45, 7) is 5.07. The first-order valence-corrected chi connectivity index (χ1v) is 16.4. The molecule has 1 fully saturated rings. The number of aromatic nitrogens is 2. The average molecular weight is 701 g/mol. The van der Waals surface area contributed by atoms with E-state index in [1.165, 1.54) is 17.5 Å². The van der Waals surface area contributed by atoms with Crippen LogP contribution in [0.1, 0.15) is 0 Å². The van der Waals surface area contributed by atoms with Crippen molar-refractivity contribution in [2.75, 3.05) is 99.4 Å². The number of sulfonamides is 1. The standard InChI is InChI=1S/C29H38ClN7O7S.ClH/c1-35(45(3,40)41)25-7-5-4-6-23(25)32-28-22(30)19-31-29(34-28)33-24-9-8-21(18-26(24)42-2)37-12-10-36(11-13-37)14-15-43-16-17-44-20-27(38)39;/h4-9,18-19H,10-17,20H2,1-3H3,(H,38,39)(H2,31,32,33,34);1H. The number of carboxylic acids is 1. The highest BCUT2D eigenvalue weighted by Crippen LogP contribution is 2.34. The topological polar surface area (TPSA) is 159 Å². The summed E-state index contributed by atoms with van der Waals surface area (Å²) in [6, 6.07) is 12.8. The van der Waals surface area contributed by atoms with Crippen LogP contribution in [0.15, 0.2) is 48.7 Å². The van der Waals surface area contributed by atoms with Crippen molar-refractivity contribution in [1.29, 1.82) is 0 Å². The molecule has 14 nitrogen and oxygen atoms in total. The molecule has 17 heteroatoms. The van der Waals surface area contributed by atoms with Crippen molar-refractivity contribution in [3.05, 3.63) is 53.7 Å². The highest BCUT2D eigenvalue weighted by molar-refractivity contribution is 7.92. The summed E-state index contributed by atoms with van der Waals surface area (Å²) in [6.07, 6.45) is 2.59. The molecule has 2 aromatic carbocycles. The van der Waals surface area contributed by atoms with Crippen LogP contribution < -0.4 is 24.6 Å². The number of aliphatic carboxylic acids is 1. The van der Waals surface area contributed by atoms with Gasteiger partial charge in [0.25, 0.3) is 0 Å². The van der Waals surface area contributed by atoms with E-state index in [0.717, 1.165) is 44.7 Å². The van der Waals surface area contributed by atoms with Crippen molar-refractivity contribution in [3.8, 4) is 5.75 Å². The van der Waals surface area contributed by atoms with E-state index in [4.69, 9.17) is 30.9 Å². The van der Waals surface area contributed by atoms with Gasteiger partial charge < -0.3 is 34.9 Å².